The Morgan fingerprint density at radius 2 is 1.45 bits per heavy atom. The van der Waals surface area contributed by atoms with Gasteiger partial charge in [-0.25, -0.2) is 9.78 Å². The van der Waals surface area contributed by atoms with Gasteiger partial charge in [0.15, 0.2) is 0 Å². The van der Waals surface area contributed by atoms with Gasteiger partial charge in [-0.2, -0.15) is 0 Å². The Kier molecular flexibility index (Phi) is 12.3. The highest BCUT2D eigenvalue weighted by Gasteiger charge is 2.53. The molecule has 304 valence electrons. The Labute approximate surface area is 338 Å². The first kappa shape index (κ1) is 41.6. The zero-order valence-corrected chi connectivity index (χ0v) is 34.8. The molecule has 2 unspecified atom stereocenters. The summed E-state index contributed by atoms with van der Waals surface area (Å²) in [6.45, 7) is 10.1. The summed E-state index contributed by atoms with van der Waals surface area (Å²) in [5.41, 5.74) is 11.0. The number of hydrogen-bond donors (Lipinski definition) is 2. The Morgan fingerprint density at radius 1 is 0.759 bits per heavy atom. The van der Waals surface area contributed by atoms with E-state index in [1.54, 1.807) is 6.08 Å². The summed E-state index contributed by atoms with van der Waals surface area (Å²) in [5, 5.41) is 0. The first-order valence-electron chi connectivity index (χ1n) is 19.6. The van der Waals surface area contributed by atoms with Gasteiger partial charge in [-0.1, -0.05) is 44.1 Å². The average molecular weight is 789 g/mol. The lowest BCUT2D eigenvalue weighted by molar-refractivity contribution is -0.149. The van der Waals surface area contributed by atoms with E-state index in [-0.39, 0.29) is 30.4 Å². The van der Waals surface area contributed by atoms with E-state index in [0.29, 0.717) is 41.2 Å². The number of nitrogens with zero attached hydrogens (tertiary/aromatic N) is 2. The SMILES string of the molecule is CCCC/C=C/c1c(C)c2cc3[nH]c(cc4nc(cc5nc(cc1[nH]2)C1(C)C5=CC=C(C(=O)OC)C1C(=O)OC)C(C)=C4CCC(=O)OC)c(CCC(=O)OC)c3C. The molecule has 3 aromatic rings. The molecule has 0 radical (unpaired) electrons. The number of ether oxygens (including phenoxy) is 4. The number of unbranched alkanes of at least 4 members (excludes halogenated alkanes) is 2. The van der Waals surface area contributed by atoms with Crippen molar-refractivity contribution in [3.8, 4) is 0 Å². The number of carbonyl (C=O) groups is 4. The molecule has 3 aromatic heterocycles. The van der Waals surface area contributed by atoms with Crippen molar-refractivity contribution in [3.05, 3.63) is 93.1 Å². The van der Waals surface area contributed by atoms with Crippen molar-refractivity contribution >= 4 is 68.7 Å². The quantitative estimate of drug-likeness (QED) is 0.104. The van der Waals surface area contributed by atoms with E-state index in [0.717, 1.165) is 74.7 Å². The number of carbonyl (C=O) groups excluding carboxylic acids is 4. The van der Waals surface area contributed by atoms with Crippen LogP contribution in [0.4, 0.5) is 0 Å². The lowest BCUT2D eigenvalue weighted by Gasteiger charge is -2.36. The Hall–Kier alpha value is -6.04. The van der Waals surface area contributed by atoms with Crippen LogP contribution in [-0.2, 0) is 50.0 Å². The lowest BCUT2D eigenvalue weighted by atomic mass is 9.64. The predicted octanol–water partition coefficient (Wildman–Crippen LogP) is 8.37. The van der Waals surface area contributed by atoms with Crippen molar-refractivity contribution in [2.45, 2.75) is 85.0 Å². The molecule has 0 amide bonds. The molecule has 0 spiro atoms. The van der Waals surface area contributed by atoms with Gasteiger partial charge in [-0.05, 0) is 105 Å². The fourth-order valence-corrected chi connectivity index (χ4v) is 8.26. The van der Waals surface area contributed by atoms with Crippen molar-refractivity contribution in [1.29, 1.82) is 0 Å². The maximum absolute atomic E-state index is 13.8. The molecule has 0 aromatic carbocycles. The highest BCUT2D eigenvalue weighted by Crippen LogP contribution is 2.52. The fraction of sp³-hybridized carbons (Fsp3) is 0.391. The summed E-state index contributed by atoms with van der Waals surface area (Å²) in [5.74, 6) is -2.96. The average Bonchev–Trinajstić information content (AvgIpc) is 3.87. The Morgan fingerprint density at radius 3 is 2.12 bits per heavy atom. The van der Waals surface area contributed by atoms with Gasteiger partial charge in [-0.15, -0.1) is 0 Å². The highest BCUT2D eigenvalue weighted by molar-refractivity contribution is 6.02. The second-order valence-electron chi connectivity index (χ2n) is 15.0. The molecule has 0 fully saturated rings. The molecule has 58 heavy (non-hydrogen) atoms. The monoisotopic (exact) mass is 788 g/mol. The van der Waals surface area contributed by atoms with Crippen LogP contribution in [0, 0.1) is 19.8 Å². The van der Waals surface area contributed by atoms with Crippen molar-refractivity contribution in [1.82, 2.24) is 19.9 Å². The molecule has 2 atom stereocenters. The highest BCUT2D eigenvalue weighted by atomic mass is 16.5. The standard InChI is InChI=1S/C46H52N4O8/c1-10-11-12-13-14-28-25(2)33-21-34-26(3)29(16-19-41(51)55-6)36(47-34)23-37-30(17-20-42(52)56-7)27(4)35(48-37)22-39-32-18-15-31(44(53)57-8)43(45(54)58-9)46(32,5)40(50-39)24-38(28)49-33/h13-15,18,21-24,43,47,49H,10-12,16-17,19-20H2,1-9H3/b14-13+,33-21?,34-21?,35-22?,36-23?,37-23?,38-24?,39-22?,40-24?. The summed E-state index contributed by atoms with van der Waals surface area (Å²) >= 11 is 0. The van der Waals surface area contributed by atoms with Crippen LogP contribution in [0.25, 0.3) is 44.9 Å². The zero-order valence-electron chi connectivity index (χ0n) is 34.8. The smallest absolute Gasteiger partial charge is 0.334 e. The number of methoxy groups -OCH3 is 4. The second-order valence-corrected chi connectivity index (χ2v) is 15.0. The zero-order chi connectivity index (χ0) is 41.9. The topological polar surface area (TPSA) is 163 Å². The van der Waals surface area contributed by atoms with Crippen molar-refractivity contribution in [2.24, 2.45) is 5.92 Å². The minimum absolute atomic E-state index is 0.143. The fourth-order valence-electron chi connectivity index (χ4n) is 8.26. The van der Waals surface area contributed by atoms with E-state index in [1.807, 2.05) is 45.0 Å². The molecule has 2 aliphatic heterocycles. The third-order valence-electron chi connectivity index (χ3n) is 11.7. The van der Waals surface area contributed by atoms with Crippen LogP contribution in [0.1, 0.15) is 104 Å². The van der Waals surface area contributed by atoms with E-state index >= 15 is 0 Å². The summed E-state index contributed by atoms with van der Waals surface area (Å²) in [6.07, 6.45) is 11.9. The molecule has 3 aliphatic rings. The largest absolute Gasteiger partial charge is 0.469 e. The van der Waals surface area contributed by atoms with Crippen LogP contribution < -0.4 is 0 Å². The Bertz CT molecular complexity index is 2480. The molecule has 12 heteroatoms. The van der Waals surface area contributed by atoms with Crippen LogP contribution in [0.2, 0.25) is 0 Å². The van der Waals surface area contributed by atoms with Gasteiger partial charge in [0.25, 0.3) is 0 Å². The number of rotatable bonds is 12. The van der Waals surface area contributed by atoms with Crippen LogP contribution in [-0.4, -0.2) is 72.3 Å². The maximum Gasteiger partial charge on any atom is 0.334 e. The number of fused-ring (bicyclic) bond motifs is 11. The minimum atomic E-state index is -1.15. The van der Waals surface area contributed by atoms with Crippen molar-refractivity contribution in [2.75, 3.05) is 28.4 Å². The molecule has 5 heterocycles. The van der Waals surface area contributed by atoms with Gasteiger partial charge in [0.05, 0.1) is 62.2 Å². The van der Waals surface area contributed by atoms with Gasteiger partial charge in [-0.3, -0.25) is 19.4 Å². The van der Waals surface area contributed by atoms with Gasteiger partial charge < -0.3 is 28.9 Å². The summed E-state index contributed by atoms with van der Waals surface area (Å²) in [7, 11) is 5.35. The van der Waals surface area contributed by atoms with Crippen LogP contribution in [0.3, 0.4) is 0 Å². The molecule has 2 N–H and O–H groups in total. The Balaban J connectivity index is 1.77. The van der Waals surface area contributed by atoms with Gasteiger partial charge in [0.2, 0.25) is 0 Å². The van der Waals surface area contributed by atoms with Crippen molar-refractivity contribution < 1.29 is 38.1 Å². The predicted molar refractivity (Wildman–Crippen MR) is 224 cm³/mol. The second kappa shape index (κ2) is 17.2. The third kappa shape index (κ3) is 7.67. The lowest BCUT2D eigenvalue weighted by Crippen LogP contribution is -2.42. The molecule has 8 bridgehead atoms. The van der Waals surface area contributed by atoms with Crippen LogP contribution in [0.5, 0.6) is 0 Å². The normalized spacial score (nSPS) is 17.4. The van der Waals surface area contributed by atoms with Crippen LogP contribution >= 0.6 is 0 Å². The number of H-pyrrole nitrogens is 2. The molecular weight excluding hydrogens is 737 g/mol. The van der Waals surface area contributed by atoms with E-state index in [9.17, 15) is 19.2 Å². The van der Waals surface area contributed by atoms with Crippen molar-refractivity contribution in [3.63, 3.8) is 0 Å². The summed E-state index contributed by atoms with van der Waals surface area (Å²) in [4.78, 5) is 69.6. The van der Waals surface area contributed by atoms with Gasteiger partial charge in [0, 0.05) is 40.5 Å². The molecular formula is C46H52N4O8. The number of allylic oxidation sites excluding steroid dienone is 6. The van der Waals surface area contributed by atoms with E-state index in [1.165, 1.54) is 28.4 Å². The van der Waals surface area contributed by atoms with Crippen LogP contribution in [0.15, 0.2) is 48.1 Å². The van der Waals surface area contributed by atoms with E-state index in [2.05, 4.69) is 42.0 Å². The molecule has 0 saturated carbocycles. The number of hydrogen-bond acceptors (Lipinski definition) is 10. The van der Waals surface area contributed by atoms with E-state index < -0.39 is 23.3 Å². The number of aryl methyl sites for hydroxylation is 3. The number of aromatic nitrogens is 4. The summed E-state index contributed by atoms with van der Waals surface area (Å²) in [6, 6.07) is 7.89. The summed E-state index contributed by atoms with van der Waals surface area (Å²) < 4.78 is 20.6. The van der Waals surface area contributed by atoms with Gasteiger partial charge in [0.1, 0.15) is 5.92 Å². The number of nitrogens with one attached hydrogen (secondary N) is 2. The maximum atomic E-state index is 13.8. The molecule has 12 nitrogen and oxygen atoms in total. The van der Waals surface area contributed by atoms with Gasteiger partial charge >= 0.3 is 23.9 Å². The number of aromatic amines is 2. The number of esters is 4. The van der Waals surface area contributed by atoms with E-state index in [4.69, 9.17) is 28.9 Å². The minimum Gasteiger partial charge on any atom is -0.469 e. The first-order valence-corrected chi connectivity index (χ1v) is 19.6. The molecule has 0 saturated heterocycles. The molecule has 6 rings (SSSR count). The molecule has 1 aliphatic carbocycles. The third-order valence-corrected chi connectivity index (χ3v) is 11.7. The first-order chi connectivity index (χ1) is 27.8.